The number of fused-ring (bicyclic) bond motifs is 2. The second kappa shape index (κ2) is 25.0. The van der Waals surface area contributed by atoms with Crippen LogP contribution in [0.1, 0.15) is 81.5 Å². The number of aromatic nitrogens is 2. The lowest BCUT2D eigenvalue weighted by Crippen LogP contribution is -2.50. The first-order valence-electron chi connectivity index (χ1n) is 29.5. The minimum atomic E-state index is -0.476. The smallest absolute Gasteiger partial charge is 0.410 e. The van der Waals surface area contributed by atoms with Crippen LogP contribution in [-0.4, -0.2) is 179 Å². The zero-order valence-electron chi connectivity index (χ0n) is 48.1. The van der Waals surface area contributed by atoms with Gasteiger partial charge in [0, 0.05) is 151 Å². The minimum Gasteiger partial charge on any atom is -0.444 e. The molecule has 1 N–H and O–H groups in total. The molecule has 0 saturated carbocycles. The lowest BCUT2D eigenvalue weighted by atomic mass is 9.97. The Morgan fingerprint density at radius 3 is 1.54 bits per heavy atom. The standard InChI is InChI=1S/C35H44N6O3.C30H36N6O/c1-25-21-41(32-11-10-27(20-36)33-31(32)9-6-13-37-33)24-30(43-25)23-38-14-12-28(22-38)26-7-5-8-29(19-26)39-15-17-40(18-16-39)34(42)44-35(2,3)4;1-22-18-36(29-8-7-24(17-31)30-28(29)6-3-10-33-30)21-27(37-22)20-34-13-9-25(19-34)23-4-2-5-26(16-23)35-14-11-32-12-15-35/h5-11,13,19,25,28,30H,12,14-18,21-24H2,1-4H3;2-8,10,16,22,25,27,32H,9,11-15,18-21H2,1H3/t25-,28?,30+;22-,25?,27+/m11/s1. The van der Waals surface area contributed by atoms with Crippen molar-refractivity contribution in [1.82, 2.24) is 30.0 Å². The Kier molecular flexibility index (Phi) is 17.2. The average molecular weight is 1090 g/mol. The molecule has 12 rings (SSSR count). The Morgan fingerprint density at radius 1 is 0.593 bits per heavy atom. The highest BCUT2D eigenvalue weighted by atomic mass is 16.6. The van der Waals surface area contributed by atoms with Gasteiger partial charge in [-0.2, -0.15) is 10.5 Å². The monoisotopic (exact) mass is 1090 g/mol. The van der Waals surface area contributed by atoms with E-state index in [4.69, 9.17) is 14.2 Å². The third kappa shape index (κ3) is 13.3. The van der Waals surface area contributed by atoms with Crippen molar-refractivity contribution >= 4 is 50.6 Å². The zero-order valence-corrected chi connectivity index (χ0v) is 48.1. The van der Waals surface area contributed by atoms with Gasteiger partial charge in [0.25, 0.3) is 0 Å². The van der Waals surface area contributed by atoms with Crippen LogP contribution in [0.3, 0.4) is 0 Å². The van der Waals surface area contributed by atoms with E-state index in [0.29, 0.717) is 36.1 Å². The van der Waals surface area contributed by atoms with Gasteiger partial charge in [0.2, 0.25) is 0 Å². The van der Waals surface area contributed by atoms with Crippen LogP contribution in [0.15, 0.2) is 109 Å². The predicted molar refractivity (Wildman–Crippen MR) is 322 cm³/mol. The van der Waals surface area contributed by atoms with E-state index in [1.807, 2.05) is 49.9 Å². The Balaban J connectivity index is 0.000000173. The number of ether oxygens (including phenoxy) is 3. The number of piperazine rings is 2. The SMILES string of the molecule is C[C@@H]1CN(c2ccc(C#N)c3ncccc23)C[C@H](CN2CCC(c3cccc(N4CCN(C(=O)OC(C)(C)C)CC4)c3)C2)O1.C[C@@H]1CN(c2ccc(C#N)c3ncccc23)C[C@H](CN2CCC(c3cccc(N4CCNCC4)c3)C2)O1. The molecule has 8 heterocycles. The first kappa shape index (κ1) is 55.8. The predicted octanol–water partition coefficient (Wildman–Crippen LogP) is 8.85. The molecule has 0 bridgehead atoms. The number of likely N-dealkylation sites (tertiary alicyclic amines) is 2. The molecular formula is C65H80N12O4. The van der Waals surface area contributed by atoms with Gasteiger partial charge in [-0.3, -0.25) is 9.97 Å². The highest BCUT2D eigenvalue weighted by Gasteiger charge is 2.34. The number of nitrogens with zero attached hydrogens (tertiary/aromatic N) is 11. The van der Waals surface area contributed by atoms with Crippen LogP contribution in [0.25, 0.3) is 21.8 Å². The van der Waals surface area contributed by atoms with Gasteiger partial charge in [-0.25, -0.2) is 4.79 Å². The fraction of sp³-hybridized carbons (Fsp3) is 0.492. The summed E-state index contributed by atoms with van der Waals surface area (Å²) in [4.78, 5) is 38.2. The second-order valence-electron chi connectivity index (χ2n) is 24.1. The molecule has 6 atom stereocenters. The van der Waals surface area contributed by atoms with Gasteiger partial charge in [0.1, 0.15) is 17.7 Å². The first-order valence-corrected chi connectivity index (χ1v) is 29.5. The highest BCUT2D eigenvalue weighted by molar-refractivity contribution is 5.96. The number of rotatable bonds is 10. The number of anilines is 4. The quantitative estimate of drug-likeness (QED) is 0.139. The van der Waals surface area contributed by atoms with Crippen molar-refractivity contribution in [3.05, 3.63) is 132 Å². The van der Waals surface area contributed by atoms with E-state index < -0.39 is 5.60 Å². The Morgan fingerprint density at radius 2 is 1.07 bits per heavy atom. The third-order valence-corrected chi connectivity index (χ3v) is 17.0. The Labute approximate surface area is 478 Å². The third-order valence-electron chi connectivity index (χ3n) is 17.0. The van der Waals surface area contributed by atoms with Crippen LogP contribution in [0.2, 0.25) is 0 Å². The number of nitrogens with one attached hydrogen (secondary N) is 1. The van der Waals surface area contributed by atoms with Gasteiger partial charge in [-0.05, 0) is 156 Å². The van der Waals surface area contributed by atoms with E-state index in [9.17, 15) is 15.3 Å². The molecule has 2 unspecified atom stereocenters. The fourth-order valence-corrected chi connectivity index (χ4v) is 13.2. The van der Waals surface area contributed by atoms with Crippen molar-refractivity contribution in [1.29, 1.82) is 10.5 Å². The molecule has 0 aliphatic carbocycles. The molecule has 1 amide bonds. The lowest BCUT2D eigenvalue weighted by molar-refractivity contribution is -0.0297. The van der Waals surface area contributed by atoms with Crippen LogP contribution in [-0.2, 0) is 14.2 Å². The van der Waals surface area contributed by atoms with Crippen molar-refractivity contribution in [3.63, 3.8) is 0 Å². The highest BCUT2D eigenvalue weighted by Crippen LogP contribution is 2.36. The molecule has 0 spiro atoms. The van der Waals surface area contributed by atoms with Crippen molar-refractivity contribution in [2.45, 2.75) is 89.3 Å². The molecule has 16 heteroatoms. The number of morpholine rings is 2. The summed E-state index contributed by atoms with van der Waals surface area (Å²) >= 11 is 0. The maximum absolute atomic E-state index is 12.5. The lowest BCUT2D eigenvalue weighted by Gasteiger charge is -2.40. The normalized spacial score (nSPS) is 24.0. The molecule has 6 saturated heterocycles. The summed E-state index contributed by atoms with van der Waals surface area (Å²) < 4.78 is 18.5. The van der Waals surface area contributed by atoms with Crippen LogP contribution < -0.4 is 24.9 Å². The van der Waals surface area contributed by atoms with Gasteiger partial charge >= 0.3 is 6.09 Å². The van der Waals surface area contributed by atoms with Crippen molar-refractivity contribution in [2.75, 3.05) is 137 Å². The molecular weight excluding hydrogens is 1010 g/mol. The molecule has 16 nitrogen and oxygen atoms in total. The summed E-state index contributed by atoms with van der Waals surface area (Å²) in [5, 5.41) is 24.6. The molecule has 6 fully saturated rings. The number of hydrogen-bond acceptors (Lipinski definition) is 15. The van der Waals surface area contributed by atoms with E-state index in [0.717, 1.165) is 144 Å². The van der Waals surface area contributed by atoms with E-state index in [1.54, 1.807) is 12.4 Å². The van der Waals surface area contributed by atoms with Gasteiger partial charge in [0.15, 0.2) is 0 Å². The average Bonchev–Trinajstić information content (AvgIpc) is 4.25. The number of hydrogen-bond donors (Lipinski definition) is 1. The minimum absolute atomic E-state index is 0.104. The van der Waals surface area contributed by atoms with Crippen molar-refractivity contribution in [3.8, 4) is 12.1 Å². The van der Waals surface area contributed by atoms with E-state index in [-0.39, 0.29) is 30.5 Å². The zero-order chi connectivity index (χ0) is 56.0. The molecule has 2 aromatic heterocycles. The summed E-state index contributed by atoms with van der Waals surface area (Å²) in [6, 6.07) is 38.7. The van der Waals surface area contributed by atoms with Gasteiger partial charge in [-0.1, -0.05) is 24.3 Å². The van der Waals surface area contributed by atoms with E-state index in [1.165, 1.54) is 28.9 Å². The summed E-state index contributed by atoms with van der Waals surface area (Å²) in [7, 11) is 0. The van der Waals surface area contributed by atoms with Crippen molar-refractivity contribution < 1.29 is 19.0 Å². The number of nitriles is 2. The molecule has 6 aliphatic rings. The molecule has 81 heavy (non-hydrogen) atoms. The first-order chi connectivity index (χ1) is 39.3. The maximum atomic E-state index is 12.5. The molecule has 424 valence electrons. The van der Waals surface area contributed by atoms with Gasteiger partial charge < -0.3 is 53.8 Å². The van der Waals surface area contributed by atoms with Crippen molar-refractivity contribution in [2.24, 2.45) is 0 Å². The Hall–Kier alpha value is -7.05. The van der Waals surface area contributed by atoms with Crippen LogP contribution in [0, 0.1) is 22.7 Å². The number of carbonyl (C=O) groups is 1. The summed E-state index contributed by atoms with van der Waals surface area (Å²) in [6.45, 7) is 26.7. The van der Waals surface area contributed by atoms with Gasteiger partial charge in [0.05, 0.1) is 46.6 Å². The number of amides is 1. The van der Waals surface area contributed by atoms with Crippen LogP contribution in [0.4, 0.5) is 27.5 Å². The summed E-state index contributed by atoms with van der Waals surface area (Å²) in [5.41, 5.74) is 10.0. The fourth-order valence-electron chi connectivity index (χ4n) is 13.2. The van der Waals surface area contributed by atoms with E-state index in [2.05, 4.69) is 143 Å². The topological polar surface area (TPSA) is 153 Å². The molecule has 6 aliphatic heterocycles. The van der Waals surface area contributed by atoms with Crippen LogP contribution in [0.5, 0.6) is 0 Å². The molecule has 0 radical (unpaired) electrons. The Bertz CT molecular complexity index is 3230. The largest absolute Gasteiger partial charge is 0.444 e. The second-order valence-corrected chi connectivity index (χ2v) is 24.1. The number of pyridine rings is 2. The number of benzene rings is 4. The summed E-state index contributed by atoms with van der Waals surface area (Å²) in [5.74, 6) is 1.07. The molecule has 4 aromatic carbocycles. The summed E-state index contributed by atoms with van der Waals surface area (Å²) in [6.07, 6.45) is 6.14. The molecule has 6 aromatic rings. The van der Waals surface area contributed by atoms with Gasteiger partial charge in [-0.15, -0.1) is 0 Å². The van der Waals surface area contributed by atoms with Crippen LogP contribution >= 0.6 is 0 Å². The maximum Gasteiger partial charge on any atom is 0.410 e. The number of carbonyl (C=O) groups excluding carboxylic acids is 1. The van der Waals surface area contributed by atoms with E-state index >= 15 is 0 Å².